The molecule has 2 aromatic heterocycles. The second-order valence-electron chi connectivity index (χ2n) is 6.72. The van der Waals surface area contributed by atoms with Crippen molar-refractivity contribution in [1.82, 2.24) is 24.8 Å². The number of hydrogen-bond acceptors (Lipinski definition) is 5. The number of aliphatic hydroxyl groups is 1. The number of nitrogens with zero attached hydrogens (tertiary/aromatic N) is 4. The molecule has 0 saturated carbocycles. The maximum Gasteiger partial charge on any atom is 0.252 e. The van der Waals surface area contributed by atoms with Gasteiger partial charge in [-0.2, -0.15) is 0 Å². The number of imidazole rings is 1. The lowest BCUT2D eigenvalue weighted by Crippen LogP contribution is -2.43. The number of carbonyl (C=O) groups excluding carboxylic acids is 1. The monoisotopic (exact) mass is 343 g/mol. The molecule has 0 spiro atoms. The molecule has 1 fully saturated rings. The van der Waals surface area contributed by atoms with Crippen LogP contribution < -0.4 is 5.32 Å². The van der Waals surface area contributed by atoms with Gasteiger partial charge < -0.3 is 15.3 Å². The summed E-state index contributed by atoms with van der Waals surface area (Å²) in [5.74, 6) is 1.25. The van der Waals surface area contributed by atoms with E-state index < -0.39 is 6.10 Å². The zero-order valence-electron chi connectivity index (χ0n) is 14.5. The number of amides is 1. The lowest BCUT2D eigenvalue weighted by molar-refractivity contribution is 0.0795. The molecule has 0 bridgehead atoms. The van der Waals surface area contributed by atoms with Gasteiger partial charge in [0.15, 0.2) is 0 Å². The van der Waals surface area contributed by atoms with Crippen LogP contribution in [0.3, 0.4) is 0 Å². The van der Waals surface area contributed by atoms with Crippen LogP contribution in [0.25, 0.3) is 5.82 Å². The molecule has 1 atom stereocenters. The smallest absolute Gasteiger partial charge is 0.252 e. The van der Waals surface area contributed by atoms with Crippen molar-refractivity contribution in [2.24, 2.45) is 5.92 Å². The van der Waals surface area contributed by atoms with Gasteiger partial charge in [0.05, 0.1) is 11.7 Å². The maximum atomic E-state index is 12.2. The fourth-order valence-electron chi connectivity index (χ4n) is 2.99. The van der Waals surface area contributed by atoms with Crippen molar-refractivity contribution in [3.8, 4) is 5.82 Å². The van der Waals surface area contributed by atoms with Crippen LogP contribution in [-0.4, -0.2) is 62.7 Å². The molecule has 0 aliphatic carbocycles. The first kappa shape index (κ1) is 17.6. The number of likely N-dealkylation sites (tertiary alicyclic amines) is 1. The third kappa shape index (κ3) is 4.87. The minimum atomic E-state index is -0.560. The number of piperidine rings is 1. The first-order valence-electron chi connectivity index (χ1n) is 8.75. The summed E-state index contributed by atoms with van der Waals surface area (Å²) in [4.78, 5) is 22.7. The molecular weight excluding hydrogens is 318 g/mol. The van der Waals surface area contributed by atoms with Crippen molar-refractivity contribution in [2.45, 2.75) is 25.9 Å². The van der Waals surface area contributed by atoms with E-state index in [1.165, 1.54) is 19.0 Å². The van der Waals surface area contributed by atoms with E-state index in [-0.39, 0.29) is 12.5 Å². The molecule has 1 unspecified atom stereocenters. The summed E-state index contributed by atoms with van der Waals surface area (Å²) in [6, 6.07) is 3.48. The van der Waals surface area contributed by atoms with Crippen LogP contribution >= 0.6 is 0 Å². The van der Waals surface area contributed by atoms with Crippen LogP contribution in [0.15, 0.2) is 37.1 Å². The minimum absolute atomic E-state index is 0.226. The lowest BCUT2D eigenvalue weighted by atomic mass is 9.99. The summed E-state index contributed by atoms with van der Waals surface area (Å²) in [6.45, 7) is 5.15. The van der Waals surface area contributed by atoms with Gasteiger partial charge in [-0.05, 0) is 44.0 Å². The zero-order chi connectivity index (χ0) is 17.6. The van der Waals surface area contributed by atoms with E-state index in [1.807, 2.05) is 0 Å². The Morgan fingerprint density at radius 2 is 2.20 bits per heavy atom. The zero-order valence-corrected chi connectivity index (χ0v) is 14.5. The highest BCUT2D eigenvalue weighted by Crippen LogP contribution is 2.15. The number of aromatic nitrogens is 3. The number of aliphatic hydroxyl groups excluding tert-OH is 1. The average Bonchev–Trinajstić information content (AvgIpc) is 3.16. The second-order valence-corrected chi connectivity index (χ2v) is 6.72. The lowest BCUT2D eigenvalue weighted by Gasteiger charge is -2.31. The molecule has 2 N–H and O–H groups in total. The molecule has 25 heavy (non-hydrogen) atoms. The van der Waals surface area contributed by atoms with E-state index in [2.05, 4.69) is 27.1 Å². The molecule has 7 nitrogen and oxygen atoms in total. The SMILES string of the molecule is CC1CCN(CC(O)CNC(=O)c2ccc(-n3ccnc3)nc2)CC1. The average molecular weight is 343 g/mol. The largest absolute Gasteiger partial charge is 0.390 e. The number of carbonyl (C=O) groups is 1. The highest BCUT2D eigenvalue weighted by molar-refractivity contribution is 5.93. The molecule has 0 radical (unpaired) electrons. The third-order valence-corrected chi connectivity index (χ3v) is 4.62. The Labute approximate surface area is 147 Å². The maximum absolute atomic E-state index is 12.2. The van der Waals surface area contributed by atoms with Gasteiger partial charge in [0.2, 0.25) is 0 Å². The van der Waals surface area contributed by atoms with Gasteiger partial charge in [0, 0.05) is 31.7 Å². The number of pyridine rings is 1. The Kier molecular flexibility index (Phi) is 5.78. The predicted molar refractivity (Wildman–Crippen MR) is 94.5 cm³/mol. The molecule has 2 aromatic rings. The van der Waals surface area contributed by atoms with Crippen LogP contribution in [-0.2, 0) is 0 Å². The molecule has 1 saturated heterocycles. The molecule has 7 heteroatoms. The number of nitrogens with one attached hydrogen (secondary N) is 1. The summed E-state index contributed by atoms with van der Waals surface area (Å²) in [6.07, 6.45) is 8.44. The number of rotatable bonds is 6. The van der Waals surface area contributed by atoms with E-state index in [0.29, 0.717) is 17.9 Å². The third-order valence-electron chi connectivity index (χ3n) is 4.62. The predicted octanol–water partition coefficient (Wildman–Crippen LogP) is 1.09. The Morgan fingerprint density at radius 3 is 2.84 bits per heavy atom. The molecule has 1 aliphatic heterocycles. The van der Waals surface area contributed by atoms with Crippen molar-refractivity contribution in [3.63, 3.8) is 0 Å². The van der Waals surface area contributed by atoms with Gasteiger partial charge in [-0.3, -0.25) is 9.36 Å². The topological polar surface area (TPSA) is 83.3 Å². The van der Waals surface area contributed by atoms with Gasteiger partial charge in [-0.1, -0.05) is 6.92 Å². The number of β-amino-alcohol motifs (C(OH)–C–C–N with tert-alkyl or cyclic N) is 1. The van der Waals surface area contributed by atoms with Crippen LogP contribution in [0, 0.1) is 5.92 Å². The van der Waals surface area contributed by atoms with Gasteiger partial charge >= 0.3 is 0 Å². The highest BCUT2D eigenvalue weighted by Gasteiger charge is 2.18. The Balaban J connectivity index is 1.45. The van der Waals surface area contributed by atoms with Crippen molar-refractivity contribution < 1.29 is 9.90 Å². The standard InChI is InChI=1S/C18H25N5O2/c1-14-4-7-22(8-5-14)12-16(24)11-21-18(25)15-2-3-17(20-10-15)23-9-6-19-13-23/h2-3,6,9-10,13-14,16,24H,4-5,7-8,11-12H2,1H3,(H,21,25). The van der Waals surface area contributed by atoms with Crippen molar-refractivity contribution in [2.75, 3.05) is 26.2 Å². The van der Waals surface area contributed by atoms with Gasteiger partial charge in [0.25, 0.3) is 5.91 Å². The summed E-state index contributed by atoms with van der Waals surface area (Å²) in [5, 5.41) is 12.9. The highest BCUT2D eigenvalue weighted by atomic mass is 16.3. The Bertz CT molecular complexity index is 663. The van der Waals surface area contributed by atoms with Crippen molar-refractivity contribution >= 4 is 5.91 Å². The summed E-state index contributed by atoms with van der Waals surface area (Å²) >= 11 is 0. The van der Waals surface area contributed by atoms with Crippen LogP contribution in [0.4, 0.5) is 0 Å². The van der Waals surface area contributed by atoms with Crippen LogP contribution in [0.2, 0.25) is 0 Å². The van der Waals surface area contributed by atoms with Crippen LogP contribution in [0.5, 0.6) is 0 Å². The first-order valence-corrected chi connectivity index (χ1v) is 8.75. The van der Waals surface area contributed by atoms with E-state index >= 15 is 0 Å². The van der Waals surface area contributed by atoms with Crippen molar-refractivity contribution in [1.29, 1.82) is 0 Å². The normalized spacial score (nSPS) is 17.4. The van der Waals surface area contributed by atoms with E-state index in [0.717, 1.165) is 19.0 Å². The van der Waals surface area contributed by atoms with E-state index in [4.69, 9.17) is 0 Å². The van der Waals surface area contributed by atoms with E-state index in [1.54, 1.807) is 35.4 Å². The van der Waals surface area contributed by atoms with Crippen molar-refractivity contribution in [3.05, 3.63) is 42.6 Å². The number of hydrogen-bond donors (Lipinski definition) is 2. The fourth-order valence-corrected chi connectivity index (χ4v) is 2.99. The Morgan fingerprint density at radius 1 is 1.40 bits per heavy atom. The summed E-state index contributed by atoms with van der Waals surface area (Å²) in [7, 11) is 0. The van der Waals surface area contributed by atoms with Gasteiger partial charge in [0.1, 0.15) is 12.1 Å². The molecule has 3 heterocycles. The first-order chi connectivity index (χ1) is 12.1. The summed E-state index contributed by atoms with van der Waals surface area (Å²) in [5.41, 5.74) is 0.475. The summed E-state index contributed by atoms with van der Waals surface area (Å²) < 4.78 is 1.77. The Hall–Kier alpha value is -2.25. The molecule has 134 valence electrons. The van der Waals surface area contributed by atoms with Gasteiger partial charge in [-0.15, -0.1) is 0 Å². The quantitative estimate of drug-likeness (QED) is 0.820. The fraction of sp³-hybridized carbons (Fsp3) is 0.500. The molecule has 0 aromatic carbocycles. The second kappa shape index (κ2) is 8.22. The molecule has 1 aliphatic rings. The molecule has 3 rings (SSSR count). The van der Waals surface area contributed by atoms with Crippen LogP contribution in [0.1, 0.15) is 30.1 Å². The molecular formula is C18H25N5O2. The minimum Gasteiger partial charge on any atom is -0.390 e. The molecule has 1 amide bonds. The van der Waals surface area contributed by atoms with Gasteiger partial charge in [-0.25, -0.2) is 9.97 Å². The van der Waals surface area contributed by atoms with E-state index in [9.17, 15) is 9.90 Å².